The molecule has 3 aromatic rings. The Labute approximate surface area is 215 Å². The van der Waals surface area contributed by atoms with Gasteiger partial charge in [-0.05, 0) is 67.1 Å². The Bertz CT molecular complexity index is 1400. The molecule has 6 rings (SSSR count). The Hall–Kier alpha value is -3.08. The van der Waals surface area contributed by atoms with Gasteiger partial charge in [0.05, 0.1) is 16.7 Å². The van der Waals surface area contributed by atoms with Crippen molar-refractivity contribution in [3.05, 3.63) is 59.7 Å². The molecular formula is C31H39N5. The number of para-hydroxylation sites is 2. The number of aromatic amines is 1. The largest absolute Gasteiger partial charge is 0.306 e. The van der Waals surface area contributed by atoms with Crippen LogP contribution in [-0.4, -0.2) is 25.6 Å². The van der Waals surface area contributed by atoms with E-state index >= 15 is 0 Å². The second-order valence-corrected chi connectivity index (χ2v) is 11.3. The van der Waals surface area contributed by atoms with Crippen molar-refractivity contribution in [2.24, 2.45) is 33.1 Å². The highest BCUT2D eigenvalue weighted by molar-refractivity contribution is 6.11. The Morgan fingerprint density at radius 1 is 1.11 bits per heavy atom. The van der Waals surface area contributed by atoms with E-state index in [2.05, 4.69) is 70.8 Å². The SMILES string of the molecule is C/C=C(C)\C=C/C(C)/C=C1/C(=N\c2nc3nc4ccccc4nc3[nH]2)C2(C)CC3(C)CC1C32C.CC. The zero-order valence-corrected chi connectivity index (χ0v) is 23.0. The number of imidazole rings is 1. The zero-order chi connectivity index (χ0) is 25.9. The number of aliphatic imine (C=N–C) groups is 1. The van der Waals surface area contributed by atoms with E-state index in [9.17, 15) is 0 Å². The fraction of sp³-hybridized carbons (Fsp3) is 0.484. The number of nitrogens with one attached hydrogen (secondary N) is 1. The van der Waals surface area contributed by atoms with Gasteiger partial charge in [-0.15, -0.1) is 0 Å². The smallest absolute Gasteiger partial charge is 0.230 e. The maximum Gasteiger partial charge on any atom is 0.230 e. The monoisotopic (exact) mass is 481 g/mol. The normalized spacial score (nSPS) is 34.0. The van der Waals surface area contributed by atoms with Gasteiger partial charge >= 0.3 is 0 Å². The van der Waals surface area contributed by atoms with Crippen LogP contribution in [0.3, 0.4) is 0 Å². The molecular weight excluding hydrogens is 442 g/mol. The van der Waals surface area contributed by atoms with Crippen molar-refractivity contribution in [2.45, 2.75) is 68.2 Å². The van der Waals surface area contributed by atoms with Crippen LogP contribution in [0.5, 0.6) is 0 Å². The molecule has 0 bridgehead atoms. The van der Waals surface area contributed by atoms with E-state index in [4.69, 9.17) is 19.9 Å². The predicted molar refractivity (Wildman–Crippen MR) is 150 cm³/mol. The van der Waals surface area contributed by atoms with Gasteiger partial charge in [0.1, 0.15) is 0 Å². The van der Waals surface area contributed by atoms with Crippen molar-refractivity contribution in [3.8, 4) is 0 Å². The van der Waals surface area contributed by atoms with E-state index in [1.165, 1.54) is 29.7 Å². The summed E-state index contributed by atoms with van der Waals surface area (Å²) in [5, 5.41) is 0. The van der Waals surface area contributed by atoms with E-state index in [0.717, 1.165) is 11.0 Å². The summed E-state index contributed by atoms with van der Waals surface area (Å²) in [6.07, 6.45) is 11.5. The first-order valence-corrected chi connectivity index (χ1v) is 13.4. The van der Waals surface area contributed by atoms with Crippen LogP contribution in [0.4, 0.5) is 5.95 Å². The fourth-order valence-corrected chi connectivity index (χ4v) is 7.22. The molecule has 0 spiro atoms. The summed E-state index contributed by atoms with van der Waals surface area (Å²) in [6, 6.07) is 7.91. The molecule has 3 fully saturated rings. The lowest BCUT2D eigenvalue weighted by molar-refractivity contribution is -0.252. The molecule has 3 saturated carbocycles. The summed E-state index contributed by atoms with van der Waals surface area (Å²) in [6.45, 7) is 17.9. The first kappa shape index (κ1) is 24.6. The van der Waals surface area contributed by atoms with Crippen molar-refractivity contribution in [3.63, 3.8) is 0 Å². The lowest BCUT2D eigenvalue weighted by Crippen LogP contribution is -2.70. The number of H-pyrrole nitrogens is 1. The molecule has 5 heteroatoms. The molecule has 0 saturated heterocycles. The molecule has 0 aliphatic heterocycles. The Kier molecular flexibility index (Phi) is 5.81. The topological polar surface area (TPSA) is 66.8 Å². The summed E-state index contributed by atoms with van der Waals surface area (Å²) >= 11 is 0. The number of aromatic nitrogens is 4. The standard InChI is InChI=1S/C29H33N5.C2H6/c1-7-17(2)12-13-18(3)14-19-20-15-27(4)16-28(5,29(20,27)6)23(19)32-26-33-24-25(34-26)31-22-11-9-8-10-21(22)30-24;1-2/h7-14,18,20H,15-16H2,1-6H3,(H,30,31,33,34);1-2H3/b13-12-,17-7-,19-14+,32-23+;. The molecule has 1 aromatic carbocycles. The van der Waals surface area contributed by atoms with Crippen molar-refractivity contribution in [1.82, 2.24) is 19.9 Å². The molecule has 2 heterocycles. The van der Waals surface area contributed by atoms with Crippen LogP contribution in [0, 0.1) is 28.1 Å². The number of nitrogens with zero attached hydrogens (tertiary/aromatic N) is 4. The summed E-state index contributed by atoms with van der Waals surface area (Å²) in [5.74, 6) is 1.52. The van der Waals surface area contributed by atoms with E-state index in [1.807, 2.05) is 38.1 Å². The number of rotatable bonds is 4. The van der Waals surface area contributed by atoms with Crippen LogP contribution in [0.15, 0.2) is 64.7 Å². The van der Waals surface area contributed by atoms with Crippen LogP contribution < -0.4 is 0 Å². The predicted octanol–water partition coefficient (Wildman–Crippen LogP) is 8.15. The minimum Gasteiger partial charge on any atom is -0.306 e. The molecule has 5 unspecified atom stereocenters. The van der Waals surface area contributed by atoms with E-state index in [1.54, 1.807) is 0 Å². The molecule has 2 aromatic heterocycles. The second kappa shape index (κ2) is 8.50. The van der Waals surface area contributed by atoms with Gasteiger partial charge in [0, 0.05) is 5.41 Å². The van der Waals surface area contributed by atoms with Gasteiger partial charge in [0.25, 0.3) is 0 Å². The lowest BCUT2D eigenvalue weighted by Gasteiger charge is -2.75. The maximum absolute atomic E-state index is 5.21. The number of allylic oxidation sites excluding steroid dienone is 6. The Morgan fingerprint density at radius 2 is 1.81 bits per heavy atom. The molecule has 3 aliphatic rings. The first-order valence-electron chi connectivity index (χ1n) is 13.4. The van der Waals surface area contributed by atoms with E-state index in [-0.39, 0.29) is 10.8 Å². The Balaban J connectivity index is 0.00000130. The quantitative estimate of drug-likeness (QED) is 0.382. The molecule has 1 N–H and O–H groups in total. The van der Waals surface area contributed by atoms with Crippen LogP contribution >= 0.6 is 0 Å². The van der Waals surface area contributed by atoms with Gasteiger partial charge in [-0.25, -0.2) is 15.0 Å². The molecule has 5 nitrogen and oxygen atoms in total. The number of benzene rings is 1. The summed E-state index contributed by atoms with van der Waals surface area (Å²) in [7, 11) is 0. The van der Waals surface area contributed by atoms with Crippen molar-refractivity contribution < 1.29 is 0 Å². The van der Waals surface area contributed by atoms with Crippen LogP contribution in [-0.2, 0) is 0 Å². The third kappa shape index (κ3) is 3.28. The molecule has 188 valence electrons. The van der Waals surface area contributed by atoms with Gasteiger partial charge in [0.15, 0.2) is 11.3 Å². The number of hydrogen-bond donors (Lipinski definition) is 1. The highest BCUT2D eigenvalue weighted by Crippen LogP contribution is 2.86. The molecule has 0 radical (unpaired) electrons. The van der Waals surface area contributed by atoms with Crippen molar-refractivity contribution >= 4 is 34.0 Å². The molecule has 5 atom stereocenters. The van der Waals surface area contributed by atoms with Gasteiger partial charge in [0.2, 0.25) is 5.95 Å². The van der Waals surface area contributed by atoms with Gasteiger partial charge in [-0.1, -0.05) is 83.6 Å². The van der Waals surface area contributed by atoms with Crippen LogP contribution in [0.25, 0.3) is 22.3 Å². The van der Waals surface area contributed by atoms with E-state index in [0.29, 0.717) is 34.5 Å². The fourth-order valence-electron chi connectivity index (χ4n) is 7.22. The average molecular weight is 482 g/mol. The van der Waals surface area contributed by atoms with Crippen molar-refractivity contribution in [2.75, 3.05) is 0 Å². The van der Waals surface area contributed by atoms with Crippen molar-refractivity contribution in [1.29, 1.82) is 0 Å². The van der Waals surface area contributed by atoms with E-state index < -0.39 is 0 Å². The van der Waals surface area contributed by atoms with Gasteiger partial charge in [-0.2, -0.15) is 4.98 Å². The lowest BCUT2D eigenvalue weighted by atomic mass is 9.28. The van der Waals surface area contributed by atoms with Gasteiger partial charge in [-0.3, -0.25) is 0 Å². The van der Waals surface area contributed by atoms with Crippen LogP contribution in [0.1, 0.15) is 68.2 Å². The first-order chi connectivity index (χ1) is 17.2. The van der Waals surface area contributed by atoms with Gasteiger partial charge < -0.3 is 4.98 Å². The second-order valence-electron chi connectivity index (χ2n) is 11.3. The number of fused-ring (bicyclic) bond motifs is 2. The highest BCUT2D eigenvalue weighted by Gasteiger charge is 2.82. The van der Waals surface area contributed by atoms with Crippen LogP contribution in [0.2, 0.25) is 0 Å². The minimum absolute atomic E-state index is 0.0731. The molecule has 36 heavy (non-hydrogen) atoms. The molecule has 0 amide bonds. The number of hydrogen-bond acceptors (Lipinski definition) is 4. The zero-order valence-electron chi connectivity index (χ0n) is 23.0. The summed E-state index contributed by atoms with van der Waals surface area (Å²) < 4.78 is 0. The Morgan fingerprint density at radius 3 is 2.47 bits per heavy atom. The minimum atomic E-state index is 0.0731. The third-order valence-corrected chi connectivity index (χ3v) is 9.44. The summed E-state index contributed by atoms with van der Waals surface area (Å²) in [5.41, 5.74) is 7.70. The summed E-state index contributed by atoms with van der Waals surface area (Å²) in [4.78, 5) is 22.7. The highest BCUT2D eigenvalue weighted by atomic mass is 15.1. The third-order valence-electron chi connectivity index (χ3n) is 9.44. The molecule has 3 aliphatic carbocycles. The maximum atomic E-state index is 5.21. The average Bonchev–Trinajstić information content (AvgIpc) is 3.28.